The van der Waals surface area contributed by atoms with Crippen LogP contribution in [0, 0.1) is 6.92 Å². The molecule has 4 rings (SSSR count). The normalized spacial score (nSPS) is 15.6. The molecule has 0 unspecified atom stereocenters. The Morgan fingerprint density at radius 3 is 2.52 bits per heavy atom. The largest absolute Gasteiger partial charge is 0.484 e. The van der Waals surface area contributed by atoms with Crippen LogP contribution in [0.4, 0.5) is 0 Å². The number of fused-ring (bicyclic) bond motifs is 1. The van der Waals surface area contributed by atoms with Gasteiger partial charge in [-0.3, -0.25) is 14.5 Å². The first kappa shape index (κ1) is 21.0. The lowest BCUT2D eigenvalue weighted by atomic mass is 10.2. The van der Waals surface area contributed by atoms with E-state index in [0.717, 1.165) is 25.2 Å². The molecule has 1 N–H and O–H groups in total. The van der Waals surface area contributed by atoms with Crippen LogP contribution in [0.3, 0.4) is 0 Å². The van der Waals surface area contributed by atoms with Gasteiger partial charge in [-0.15, -0.1) is 0 Å². The minimum absolute atomic E-state index is 0.00339. The van der Waals surface area contributed by atoms with E-state index in [0.29, 0.717) is 42.4 Å². The van der Waals surface area contributed by atoms with E-state index >= 15 is 0 Å². The molecule has 2 aliphatic rings. The summed E-state index contributed by atoms with van der Waals surface area (Å²) in [6.45, 7) is 6.39. The van der Waals surface area contributed by atoms with Crippen LogP contribution in [0.1, 0.15) is 15.9 Å². The summed E-state index contributed by atoms with van der Waals surface area (Å²) in [5.41, 5.74) is 1.70. The van der Waals surface area contributed by atoms with Crippen molar-refractivity contribution in [2.45, 2.75) is 6.92 Å². The number of benzene rings is 2. The van der Waals surface area contributed by atoms with Crippen molar-refractivity contribution in [3.05, 3.63) is 53.6 Å². The van der Waals surface area contributed by atoms with E-state index in [1.54, 1.807) is 18.2 Å². The van der Waals surface area contributed by atoms with Gasteiger partial charge in [-0.2, -0.15) is 0 Å². The van der Waals surface area contributed by atoms with Gasteiger partial charge < -0.3 is 24.4 Å². The number of ether oxygens (including phenoxy) is 3. The SMILES string of the molecule is Cc1ccc(OCC(=O)N2CCN(CCNC(=O)c3ccc4c(c3)OCO4)CC2)cc1. The van der Waals surface area contributed by atoms with Crippen LogP contribution in [-0.2, 0) is 4.79 Å². The van der Waals surface area contributed by atoms with Crippen LogP contribution in [0.25, 0.3) is 0 Å². The summed E-state index contributed by atoms with van der Waals surface area (Å²) in [7, 11) is 0. The minimum atomic E-state index is -0.139. The number of rotatable bonds is 7. The van der Waals surface area contributed by atoms with E-state index in [-0.39, 0.29) is 25.2 Å². The molecule has 0 radical (unpaired) electrons. The summed E-state index contributed by atoms with van der Waals surface area (Å²) in [4.78, 5) is 28.8. The van der Waals surface area contributed by atoms with E-state index in [1.165, 1.54) is 0 Å². The van der Waals surface area contributed by atoms with Crippen molar-refractivity contribution < 1.29 is 23.8 Å². The molecule has 8 nitrogen and oxygen atoms in total. The maximum Gasteiger partial charge on any atom is 0.260 e. The molecule has 0 atom stereocenters. The smallest absolute Gasteiger partial charge is 0.260 e. The molecule has 0 spiro atoms. The number of hydrogen-bond donors (Lipinski definition) is 1. The maximum absolute atomic E-state index is 12.4. The summed E-state index contributed by atoms with van der Waals surface area (Å²) < 4.78 is 16.2. The Balaban J connectivity index is 1.14. The number of hydrogen-bond acceptors (Lipinski definition) is 6. The highest BCUT2D eigenvalue weighted by atomic mass is 16.7. The molecular weight excluding hydrogens is 398 g/mol. The van der Waals surface area contributed by atoms with E-state index in [9.17, 15) is 9.59 Å². The second-order valence-electron chi connectivity index (χ2n) is 7.65. The Hall–Kier alpha value is -3.26. The Labute approximate surface area is 181 Å². The van der Waals surface area contributed by atoms with Crippen molar-refractivity contribution >= 4 is 11.8 Å². The standard InChI is InChI=1S/C23H27N3O5/c1-17-2-5-19(6-3-17)29-15-22(27)26-12-10-25(11-13-26)9-8-24-23(28)18-4-7-20-21(14-18)31-16-30-20/h2-7,14H,8-13,15-16H2,1H3,(H,24,28). The van der Waals surface area contributed by atoms with Gasteiger partial charge in [-0.1, -0.05) is 17.7 Å². The molecule has 2 aliphatic heterocycles. The van der Waals surface area contributed by atoms with Crippen molar-refractivity contribution in [3.8, 4) is 17.2 Å². The molecule has 0 aromatic heterocycles. The van der Waals surface area contributed by atoms with E-state index in [1.807, 2.05) is 36.1 Å². The van der Waals surface area contributed by atoms with E-state index in [2.05, 4.69) is 10.2 Å². The van der Waals surface area contributed by atoms with Gasteiger partial charge in [-0.25, -0.2) is 0 Å². The Bertz CT molecular complexity index is 923. The van der Waals surface area contributed by atoms with E-state index < -0.39 is 0 Å². The molecule has 1 fully saturated rings. The predicted octanol–water partition coefficient (Wildman–Crippen LogP) is 1.68. The third-order valence-electron chi connectivity index (χ3n) is 5.46. The lowest BCUT2D eigenvalue weighted by Gasteiger charge is -2.34. The first-order valence-electron chi connectivity index (χ1n) is 10.5. The summed E-state index contributed by atoms with van der Waals surface area (Å²) in [6.07, 6.45) is 0. The van der Waals surface area contributed by atoms with Crippen molar-refractivity contribution in [1.29, 1.82) is 0 Å². The molecule has 164 valence electrons. The molecule has 1 saturated heterocycles. The third-order valence-corrected chi connectivity index (χ3v) is 5.46. The fraction of sp³-hybridized carbons (Fsp3) is 0.391. The van der Waals surface area contributed by atoms with Gasteiger partial charge in [0.15, 0.2) is 18.1 Å². The molecule has 2 amide bonds. The average molecular weight is 425 g/mol. The van der Waals surface area contributed by atoms with Crippen LogP contribution >= 0.6 is 0 Å². The summed E-state index contributed by atoms with van der Waals surface area (Å²) >= 11 is 0. The molecule has 8 heteroatoms. The Morgan fingerprint density at radius 2 is 1.74 bits per heavy atom. The number of carbonyl (C=O) groups excluding carboxylic acids is 2. The van der Waals surface area contributed by atoms with Gasteiger partial charge in [0.25, 0.3) is 11.8 Å². The van der Waals surface area contributed by atoms with Gasteiger partial charge >= 0.3 is 0 Å². The highest BCUT2D eigenvalue weighted by molar-refractivity contribution is 5.94. The molecule has 0 aliphatic carbocycles. The topological polar surface area (TPSA) is 80.3 Å². The molecule has 2 aromatic carbocycles. The number of aryl methyl sites for hydroxylation is 1. The molecular formula is C23H27N3O5. The summed E-state index contributed by atoms with van der Waals surface area (Å²) in [5.74, 6) is 1.82. The lowest BCUT2D eigenvalue weighted by Crippen LogP contribution is -2.51. The summed E-state index contributed by atoms with van der Waals surface area (Å²) in [5, 5.41) is 2.94. The first-order valence-corrected chi connectivity index (χ1v) is 10.5. The number of carbonyl (C=O) groups is 2. The van der Waals surface area contributed by atoms with Crippen molar-refractivity contribution in [3.63, 3.8) is 0 Å². The van der Waals surface area contributed by atoms with Crippen LogP contribution in [-0.4, -0.2) is 74.3 Å². The minimum Gasteiger partial charge on any atom is -0.484 e. The second kappa shape index (κ2) is 9.70. The molecule has 31 heavy (non-hydrogen) atoms. The van der Waals surface area contributed by atoms with E-state index in [4.69, 9.17) is 14.2 Å². The van der Waals surface area contributed by atoms with Crippen molar-refractivity contribution in [2.75, 3.05) is 52.7 Å². The zero-order valence-corrected chi connectivity index (χ0v) is 17.6. The second-order valence-corrected chi connectivity index (χ2v) is 7.65. The average Bonchev–Trinajstić information content (AvgIpc) is 3.27. The van der Waals surface area contributed by atoms with Gasteiger partial charge in [0.05, 0.1) is 0 Å². The van der Waals surface area contributed by atoms with Gasteiger partial charge in [0, 0.05) is 44.8 Å². The van der Waals surface area contributed by atoms with Gasteiger partial charge in [-0.05, 0) is 37.3 Å². The van der Waals surface area contributed by atoms with Crippen molar-refractivity contribution in [2.24, 2.45) is 0 Å². The fourth-order valence-electron chi connectivity index (χ4n) is 3.56. The number of nitrogens with zero attached hydrogens (tertiary/aromatic N) is 2. The van der Waals surface area contributed by atoms with Crippen LogP contribution in [0.2, 0.25) is 0 Å². The quantitative estimate of drug-likeness (QED) is 0.727. The molecule has 2 aromatic rings. The predicted molar refractivity (Wildman–Crippen MR) is 115 cm³/mol. The molecule has 0 saturated carbocycles. The molecule has 0 bridgehead atoms. The number of amides is 2. The van der Waals surface area contributed by atoms with Crippen molar-refractivity contribution in [1.82, 2.24) is 15.1 Å². The summed E-state index contributed by atoms with van der Waals surface area (Å²) in [6, 6.07) is 12.8. The lowest BCUT2D eigenvalue weighted by molar-refractivity contribution is -0.135. The number of piperazine rings is 1. The van der Waals surface area contributed by atoms with Crippen LogP contribution < -0.4 is 19.5 Å². The maximum atomic E-state index is 12.4. The fourth-order valence-corrected chi connectivity index (χ4v) is 3.56. The highest BCUT2D eigenvalue weighted by Gasteiger charge is 2.21. The van der Waals surface area contributed by atoms with Gasteiger partial charge in [0.2, 0.25) is 6.79 Å². The Morgan fingerprint density at radius 1 is 1.00 bits per heavy atom. The van der Waals surface area contributed by atoms with Gasteiger partial charge in [0.1, 0.15) is 5.75 Å². The van der Waals surface area contributed by atoms with Crippen LogP contribution in [0.5, 0.6) is 17.2 Å². The number of nitrogens with one attached hydrogen (secondary N) is 1. The van der Waals surface area contributed by atoms with Crippen LogP contribution in [0.15, 0.2) is 42.5 Å². The highest BCUT2D eigenvalue weighted by Crippen LogP contribution is 2.32. The molecule has 2 heterocycles. The zero-order valence-electron chi connectivity index (χ0n) is 17.6. The Kier molecular flexibility index (Phi) is 6.57. The monoisotopic (exact) mass is 425 g/mol. The third kappa shape index (κ3) is 5.46. The first-order chi connectivity index (χ1) is 15.1. The zero-order chi connectivity index (χ0) is 21.6.